The molecule has 1 N–H and O–H groups in total. The smallest absolute Gasteiger partial charge is 0.358 e. The highest BCUT2D eigenvalue weighted by molar-refractivity contribution is 9.11. The number of hydrogen-bond acceptors (Lipinski definition) is 4. The molecule has 0 unspecified atom stereocenters. The summed E-state index contributed by atoms with van der Waals surface area (Å²) >= 11 is 6.85. The van der Waals surface area contributed by atoms with Crippen LogP contribution in [0, 0.1) is 0 Å². The standard InChI is InChI=1S/C13H13Br2N3O3/c1-3-4-9-12(13(19)20)16-17-18(9)10-6-11(21-2)8(15)5-7(10)14/h5-6H,3-4H2,1-2H3,(H,19,20). The molecule has 1 heterocycles. The number of benzene rings is 1. The van der Waals surface area contributed by atoms with Gasteiger partial charge in [0.25, 0.3) is 0 Å². The molecule has 0 fully saturated rings. The van der Waals surface area contributed by atoms with Gasteiger partial charge in [0.15, 0.2) is 5.69 Å². The lowest BCUT2D eigenvalue weighted by Crippen LogP contribution is -2.07. The Kier molecular flexibility index (Phi) is 5.00. The van der Waals surface area contributed by atoms with Gasteiger partial charge in [0, 0.05) is 10.5 Å². The predicted octanol–water partition coefficient (Wildman–Crippen LogP) is 3.45. The largest absolute Gasteiger partial charge is 0.495 e. The van der Waals surface area contributed by atoms with Crippen molar-refractivity contribution in [1.29, 1.82) is 0 Å². The Morgan fingerprint density at radius 1 is 1.38 bits per heavy atom. The van der Waals surface area contributed by atoms with Crippen LogP contribution < -0.4 is 4.74 Å². The number of aromatic carboxylic acids is 1. The Bertz CT molecular complexity index is 686. The molecule has 0 amide bonds. The van der Waals surface area contributed by atoms with Crippen LogP contribution in [0.3, 0.4) is 0 Å². The number of rotatable bonds is 5. The third-order valence-electron chi connectivity index (χ3n) is 2.90. The second-order valence-electron chi connectivity index (χ2n) is 4.29. The van der Waals surface area contributed by atoms with Crippen LogP contribution in [0.5, 0.6) is 5.75 Å². The maximum absolute atomic E-state index is 11.2. The minimum absolute atomic E-state index is 0.0226. The van der Waals surface area contributed by atoms with Crippen molar-refractivity contribution < 1.29 is 14.6 Å². The zero-order valence-corrected chi connectivity index (χ0v) is 14.6. The normalized spacial score (nSPS) is 10.7. The zero-order valence-electron chi connectivity index (χ0n) is 11.4. The fraction of sp³-hybridized carbons (Fsp3) is 0.308. The van der Waals surface area contributed by atoms with Crippen molar-refractivity contribution in [3.63, 3.8) is 0 Å². The molecular weight excluding hydrogens is 406 g/mol. The van der Waals surface area contributed by atoms with Crippen LogP contribution in [-0.4, -0.2) is 33.2 Å². The molecule has 0 atom stereocenters. The first-order chi connectivity index (χ1) is 9.99. The predicted molar refractivity (Wildman–Crippen MR) is 84.3 cm³/mol. The molecular formula is C13H13Br2N3O3. The Labute approximate surface area is 138 Å². The second-order valence-corrected chi connectivity index (χ2v) is 6.00. The molecule has 0 aliphatic rings. The minimum Gasteiger partial charge on any atom is -0.495 e. The van der Waals surface area contributed by atoms with Crippen molar-refractivity contribution in [2.45, 2.75) is 19.8 Å². The molecule has 8 heteroatoms. The highest BCUT2D eigenvalue weighted by Gasteiger charge is 2.21. The van der Waals surface area contributed by atoms with E-state index in [-0.39, 0.29) is 5.69 Å². The summed E-state index contributed by atoms with van der Waals surface area (Å²) in [6, 6.07) is 3.60. The summed E-state index contributed by atoms with van der Waals surface area (Å²) in [7, 11) is 1.56. The van der Waals surface area contributed by atoms with Crippen molar-refractivity contribution in [3.05, 3.63) is 32.5 Å². The van der Waals surface area contributed by atoms with E-state index in [1.165, 1.54) is 4.68 Å². The minimum atomic E-state index is -1.08. The molecule has 112 valence electrons. The lowest BCUT2D eigenvalue weighted by atomic mass is 10.2. The van der Waals surface area contributed by atoms with Crippen LogP contribution in [0.15, 0.2) is 21.1 Å². The number of aromatic nitrogens is 3. The number of halogens is 2. The van der Waals surface area contributed by atoms with Gasteiger partial charge in [0.2, 0.25) is 0 Å². The van der Waals surface area contributed by atoms with Gasteiger partial charge in [-0.25, -0.2) is 9.48 Å². The van der Waals surface area contributed by atoms with E-state index < -0.39 is 5.97 Å². The number of nitrogens with zero attached hydrogens (tertiary/aromatic N) is 3. The lowest BCUT2D eigenvalue weighted by Gasteiger charge is -2.11. The Balaban J connectivity index is 2.64. The van der Waals surface area contributed by atoms with Gasteiger partial charge in [-0.05, 0) is 44.3 Å². The average molecular weight is 419 g/mol. The number of carboxylic acids is 1. The van der Waals surface area contributed by atoms with E-state index >= 15 is 0 Å². The summed E-state index contributed by atoms with van der Waals surface area (Å²) in [5, 5.41) is 17.0. The highest BCUT2D eigenvalue weighted by atomic mass is 79.9. The van der Waals surface area contributed by atoms with E-state index in [1.807, 2.05) is 13.0 Å². The van der Waals surface area contributed by atoms with Gasteiger partial charge in [-0.3, -0.25) is 0 Å². The van der Waals surface area contributed by atoms with Crippen molar-refractivity contribution in [2.24, 2.45) is 0 Å². The number of carbonyl (C=O) groups is 1. The number of ether oxygens (including phenoxy) is 1. The molecule has 1 aromatic carbocycles. The van der Waals surface area contributed by atoms with Crippen molar-refractivity contribution in [2.75, 3.05) is 7.11 Å². The van der Waals surface area contributed by atoms with E-state index in [0.29, 0.717) is 23.6 Å². The SMILES string of the molecule is CCCc1c(C(=O)O)nnn1-c1cc(OC)c(Br)cc1Br. The molecule has 0 bridgehead atoms. The molecule has 21 heavy (non-hydrogen) atoms. The third kappa shape index (κ3) is 3.11. The fourth-order valence-electron chi connectivity index (χ4n) is 1.96. The van der Waals surface area contributed by atoms with E-state index in [9.17, 15) is 9.90 Å². The van der Waals surface area contributed by atoms with Crippen molar-refractivity contribution >= 4 is 37.8 Å². The van der Waals surface area contributed by atoms with Crippen LogP contribution >= 0.6 is 31.9 Å². The Morgan fingerprint density at radius 2 is 2.10 bits per heavy atom. The molecule has 1 aromatic heterocycles. The maximum Gasteiger partial charge on any atom is 0.358 e. The summed E-state index contributed by atoms with van der Waals surface area (Å²) in [6.45, 7) is 1.97. The van der Waals surface area contributed by atoms with E-state index in [2.05, 4.69) is 42.2 Å². The number of hydrogen-bond donors (Lipinski definition) is 1. The van der Waals surface area contributed by atoms with Gasteiger partial charge in [0.05, 0.1) is 23.0 Å². The van der Waals surface area contributed by atoms with Gasteiger partial charge in [-0.1, -0.05) is 18.6 Å². The van der Waals surface area contributed by atoms with Crippen LogP contribution in [0.1, 0.15) is 29.5 Å². The van der Waals surface area contributed by atoms with Gasteiger partial charge in [-0.15, -0.1) is 5.10 Å². The van der Waals surface area contributed by atoms with Crippen molar-refractivity contribution in [1.82, 2.24) is 15.0 Å². The molecule has 0 aliphatic heterocycles. The van der Waals surface area contributed by atoms with Gasteiger partial charge < -0.3 is 9.84 Å². The monoisotopic (exact) mass is 417 g/mol. The summed E-state index contributed by atoms with van der Waals surface area (Å²) in [6.07, 6.45) is 1.36. The Morgan fingerprint density at radius 3 is 2.67 bits per heavy atom. The lowest BCUT2D eigenvalue weighted by molar-refractivity contribution is 0.0689. The average Bonchev–Trinajstić information content (AvgIpc) is 2.83. The number of methoxy groups -OCH3 is 1. The fourth-order valence-corrected chi connectivity index (χ4v) is 3.28. The zero-order chi connectivity index (χ0) is 15.6. The topological polar surface area (TPSA) is 77.2 Å². The third-order valence-corrected chi connectivity index (χ3v) is 4.16. The van der Waals surface area contributed by atoms with Crippen LogP contribution in [0.4, 0.5) is 0 Å². The molecule has 2 aromatic rings. The summed E-state index contributed by atoms with van der Waals surface area (Å²) in [4.78, 5) is 11.2. The number of carboxylic acid groups (broad SMARTS) is 1. The maximum atomic E-state index is 11.2. The Hall–Kier alpha value is -1.41. The quantitative estimate of drug-likeness (QED) is 0.804. The molecule has 0 aliphatic carbocycles. The molecule has 0 saturated heterocycles. The first-order valence-electron chi connectivity index (χ1n) is 6.20. The van der Waals surface area contributed by atoms with Crippen LogP contribution in [0.2, 0.25) is 0 Å². The molecule has 6 nitrogen and oxygen atoms in total. The van der Waals surface area contributed by atoms with Gasteiger partial charge in [0.1, 0.15) is 5.75 Å². The van der Waals surface area contributed by atoms with Gasteiger partial charge in [-0.2, -0.15) is 0 Å². The van der Waals surface area contributed by atoms with E-state index in [0.717, 1.165) is 15.4 Å². The summed E-state index contributed by atoms with van der Waals surface area (Å²) < 4.78 is 8.35. The van der Waals surface area contributed by atoms with Crippen molar-refractivity contribution in [3.8, 4) is 11.4 Å². The summed E-state index contributed by atoms with van der Waals surface area (Å²) in [5.74, 6) is -0.451. The summed E-state index contributed by atoms with van der Waals surface area (Å²) in [5.41, 5.74) is 1.22. The molecule has 2 rings (SSSR count). The van der Waals surface area contributed by atoms with Crippen LogP contribution in [-0.2, 0) is 6.42 Å². The first kappa shape index (κ1) is 16.0. The molecule has 0 radical (unpaired) electrons. The molecule has 0 saturated carbocycles. The van der Waals surface area contributed by atoms with E-state index in [4.69, 9.17) is 4.74 Å². The molecule has 0 spiro atoms. The first-order valence-corrected chi connectivity index (χ1v) is 7.79. The van der Waals surface area contributed by atoms with Gasteiger partial charge >= 0.3 is 5.97 Å². The van der Waals surface area contributed by atoms with Crippen LogP contribution in [0.25, 0.3) is 5.69 Å². The highest BCUT2D eigenvalue weighted by Crippen LogP contribution is 2.34. The second kappa shape index (κ2) is 6.57. The van der Waals surface area contributed by atoms with E-state index in [1.54, 1.807) is 13.2 Å².